The van der Waals surface area contributed by atoms with Gasteiger partial charge in [0.25, 0.3) is 5.91 Å². The topological polar surface area (TPSA) is 74.9 Å². The van der Waals surface area contributed by atoms with Gasteiger partial charge in [-0.2, -0.15) is 0 Å². The van der Waals surface area contributed by atoms with Crippen LogP contribution in [-0.2, 0) is 11.3 Å². The SMILES string of the molecule is O=C(C[NH+]1CC[NH+](Cc2ccc3c(c2)OCO3)CC1)NC[C@@H]1COc2ccccc2O1. The van der Waals surface area contributed by atoms with Gasteiger partial charge in [0.2, 0.25) is 6.79 Å². The number of amides is 1. The molecule has 0 aromatic heterocycles. The van der Waals surface area contributed by atoms with E-state index in [1.807, 2.05) is 30.3 Å². The van der Waals surface area contributed by atoms with E-state index in [0.717, 1.165) is 55.7 Å². The van der Waals surface area contributed by atoms with Crippen molar-refractivity contribution in [2.45, 2.75) is 12.6 Å². The number of carbonyl (C=O) groups excluding carboxylic acids is 1. The highest BCUT2D eigenvalue weighted by Crippen LogP contribution is 2.32. The van der Waals surface area contributed by atoms with Crippen LogP contribution in [0.25, 0.3) is 0 Å². The molecule has 0 radical (unpaired) electrons. The first-order chi connectivity index (χ1) is 15.2. The number of hydrogen-bond acceptors (Lipinski definition) is 5. The summed E-state index contributed by atoms with van der Waals surface area (Å²) in [5, 5.41) is 3.01. The quantitative estimate of drug-likeness (QED) is 0.532. The Morgan fingerprint density at radius 3 is 2.52 bits per heavy atom. The van der Waals surface area contributed by atoms with Gasteiger partial charge in [-0.3, -0.25) is 4.79 Å². The number of piperazine rings is 1. The molecule has 0 unspecified atom stereocenters. The molecule has 31 heavy (non-hydrogen) atoms. The highest BCUT2D eigenvalue weighted by Gasteiger charge is 2.26. The van der Waals surface area contributed by atoms with E-state index in [9.17, 15) is 4.79 Å². The number of fused-ring (bicyclic) bond motifs is 2. The molecule has 0 saturated carbocycles. The van der Waals surface area contributed by atoms with Gasteiger partial charge in [0.1, 0.15) is 45.4 Å². The summed E-state index contributed by atoms with van der Waals surface area (Å²) in [6.45, 7) is 6.77. The van der Waals surface area contributed by atoms with E-state index in [2.05, 4.69) is 17.4 Å². The Morgan fingerprint density at radius 1 is 0.903 bits per heavy atom. The molecule has 3 N–H and O–H groups in total. The minimum absolute atomic E-state index is 0.0664. The first-order valence-corrected chi connectivity index (χ1v) is 10.9. The van der Waals surface area contributed by atoms with Gasteiger partial charge in [-0.25, -0.2) is 0 Å². The molecule has 3 heterocycles. The first kappa shape index (κ1) is 20.0. The zero-order chi connectivity index (χ0) is 21.0. The molecule has 1 amide bonds. The number of nitrogens with one attached hydrogen (secondary N) is 3. The summed E-state index contributed by atoms with van der Waals surface area (Å²) < 4.78 is 22.5. The Labute approximate surface area is 181 Å². The zero-order valence-electron chi connectivity index (χ0n) is 17.5. The molecule has 0 spiro atoms. The second-order valence-electron chi connectivity index (χ2n) is 8.34. The smallest absolute Gasteiger partial charge is 0.275 e. The van der Waals surface area contributed by atoms with Crippen molar-refractivity contribution in [3.8, 4) is 23.0 Å². The van der Waals surface area contributed by atoms with Crippen molar-refractivity contribution in [1.29, 1.82) is 0 Å². The molecule has 8 heteroatoms. The maximum absolute atomic E-state index is 12.4. The number of para-hydroxylation sites is 2. The van der Waals surface area contributed by atoms with Crippen molar-refractivity contribution in [1.82, 2.24) is 5.32 Å². The summed E-state index contributed by atoms with van der Waals surface area (Å²) in [4.78, 5) is 15.3. The van der Waals surface area contributed by atoms with Gasteiger partial charge < -0.3 is 34.1 Å². The minimum atomic E-state index is -0.156. The Bertz CT molecular complexity index is 929. The van der Waals surface area contributed by atoms with Crippen LogP contribution in [0.1, 0.15) is 5.56 Å². The predicted molar refractivity (Wildman–Crippen MR) is 112 cm³/mol. The number of carbonyl (C=O) groups is 1. The fourth-order valence-corrected chi connectivity index (χ4v) is 4.33. The van der Waals surface area contributed by atoms with Gasteiger partial charge >= 0.3 is 0 Å². The van der Waals surface area contributed by atoms with Crippen molar-refractivity contribution in [2.24, 2.45) is 0 Å². The summed E-state index contributed by atoms with van der Waals surface area (Å²) >= 11 is 0. The largest absolute Gasteiger partial charge is 0.486 e. The monoisotopic (exact) mass is 427 g/mol. The Kier molecular flexibility index (Phi) is 5.82. The van der Waals surface area contributed by atoms with Gasteiger partial charge in [0, 0.05) is 5.56 Å². The average Bonchev–Trinajstić information content (AvgIpc) is 3.27. The van der Waals surface area contributed by atoms with Gasteiger partial charge in [-0.1, -0.05) is 12.1 Å². The second-order valence-corrected chi connectivity index (χ2v) is 8.34. The molecule has 3 aliphatic rings. The van der Waals surface area contributed by atoms with Crippen LogP contribution in [0.5, 0.6) is 23.0 Å². The van der Waals surface area contributed by atoms with Crippen LogP contribution in [0.15, 0.2) is 42.5 Å². The van der Waals surface area contributed by atoms with Crippen LogP contribution < -0.4 is 34.1 Å². The number of benzene rings is 2. The highest BCUT2D eigenvalue weighted by atomic mass is 16.7. The van der Waals surface area contributed by atoms with Crippen LogP contribution in [0.2, 0.25) is 0 Å². The van der Waals surface area contributed by atoms with Crippen LogP contribution >= 0.6 is 0 Å². The van der Waals surface area contributed by atoms with Crippen molar-refractivity contribution >= 4 is 5.91 Å². The van der Waals surface area contributed by atoms with Gasteiger partial charge in [-0.15, -0.1) is 0 Å². The first-order valence-electron chi connectivity index (χ1n) is 10.9. The van der Waals surface area contributed by atoms with Crippen LogP contribution in [0.4, 0.5) is 0 Å². The molecule has 5 rings (SSSR count). The minimum Gasteiger partial charge on any atom is -0.486 e. The molecule has 0 bridgehead atoms. The lowest BCUT2D eigenvalue weighted by Gasteiger charge is -2.30. The van der Waals surface area contributed by atoms with E-state index >= 15 is 0 Å². The van der Waals surface area contributed by atoms with Crippen molar-refractivity contribution in [3.63, 3.8) is 0 Å². The zero-order valence-corrected chi connectivity index (χ0v) is 17.5. The van der Waals surface area contributed by atoms with Crippen molar-refractivity contribution in [2.75, 3.05) is 52.7 Å². The lowest BCUT2D eigenvalue weighted by atomic mass is 10.1. The number of ether oxygens (including phenoxy) is 4. The van der Waals surface area contributed by atoms with E-state index in [1.165, 1.54) is 15.4 Å². The molecule has 164 valence electrons. The van der Waals surface area contributed by atoms with Crippen molar-refractivity contribution < 1.29 is 33.5 Å². The standard InChI is InChI=1S/C23H27N3O5/c27-23(24-12-18-15-28-19-3-1-2-4-21(19)31-18)14-26-9-7-25(8-10-26)13-17-5-6-20-22(11-17)30-16-29-20/h1-6,11,18H,7-10,12-16H2,(H,24,27)/p+2/t18-/m1/s1. The average molecular weight is 428 g/mol. The summed E-state index contributed by atoms with van der Waals surface area (Å²) in [7, 11) is 0. The fraction of sp³-hybridized carbons (Fsp3) is 0.435. The molecule has 8 nitrogen and oxygen atoms in total. The van der Waals surface area contributed by atoms with E-state index < -0.39 is 0 Å². The third-order valence-electron chi connectivity index (χ3n) is 6.06. The molecule has 2 aromatic rings. The third kappa shape index (κ3) is 4.86. The second kappa shape index (κ2) is 9.03. The maximum atomic E-state index is 12.4. The Hall–Kier alpha value is -2.97. The molecular formula is C23H29N3O5+2. The van der Waals surface area contributed by atoms with Gasteiger partial charge in [0.05, 0.1) is 6.54 Å². The lowest BCUT2D eigenvalue weighted by molar-refractivity contribution is -1.02. The Balaban J connectivity index is 1.02. The Morgan fingerprint density at radius 2 is 1.65 bits per heavy atom. The molecule has 1 atom stereocenters. The normalized spacial score (nSPS) is 23.9. The van der Waals surface area contributed by atoms with E-state index in [0.29, 0.717) is 26.5 Å². The molecule has 2 aromatic carbocycles. The summed E-state index contributed by atoms with van der Waals surface area (Å²) in [6, 6.07) is 13.8. The number of hydrogen-bond donors (Lipinski definition) is 3. The predicted octanol–water partition coefficient (Wildman–Crippen LogP) is -1.35. The summed E-state index contributed by atoms with van der Waals surface area (Å²) in [6.07, 6.45) is -0.156. The van der Waals surface area contributed by atoms with Crippen molar-refractivity contribution in [3.05, 3.63) is 48.0 Å². The summed E-state index contributed by atoms with van der Waals surface area (Å²) in [5.74, 6) is 3.23. The number of rotatable bonds is 6. The lowest BCUT2D eigenvalue weighted by Crippen LogP contribution is -3.28. The molecule has 1 fully saturated rings. The maximum Gasteiger partial charge on any atom is 0.275 e. The van der Waals surface area contributed by atoms with Gasteiger partial charge in [-0.05, 0) is 30.3 Å². The molecule has 1 saturated heterocycles. The van der Waals surface area contributed by atoms with Crippen LogP contribution in [-0.4, -0.2) is 64.7 Å². The van der Waals surface area contributed by atoms with Crippen LogP contribution in [0, 0.1) is 0 Å². The van der Waals surface area contributed by atoms with E-state index in [-0.39, 0.29) is 12.0 Å². The molecule has 0 aliphatic carbocycles. The van der Waals surface area contributed by atoms with Gasteiger partial charge in [0.15, 0.2) is 29.5 Å². The van der Waals surface area contributed by atoms with Crippen LogP contribution in [0.3, 0.4) is 0 Å². The summed E-state index contributed by atoms with van der Waals surface area (Å²) in [5.41, 5.74) is 1.26. The van der Waals surface area contributed by atoms with E-state index in [4.69, 9.17) is 18.9 Å². The fourth-order valence-electron chi connectivity index (χ4n) is 4.33. The number of quaternary nitrogens is 2. The molecular weight excluding hydrogens is 398 g/mol. The third-order valence-corrected chi connectivity index (χ3v) is 6.06. The highest BCUT2D eigenvalue weighted by molar-refractivity contribution is 5.76. The molecule has 3 aliphatic heterocycles. The van der Waals surface area contributed by atoms with E-state index in [1.54, 1.807) is 0 Å².